The second-order valence-corrected chi connectivity index (χ2v) is 6.22. The molecule has 0 spiro atoms. The lowest BCUT2D eigenvalue weighted by Crippen LogP contribution is -2.18. The monoisotopic (exact) mass is 390 g/mol. The van der Waals surface area contributed by atoms with Crippen LogP contribution in [0.1, 0.15) is 10.4 Å². The van der Waals surface area contributed by atoms with Gasteiger partial charge in [0.05, 0.1) is 17.3 Å². The summed E-state index contributed by atoms with van der Waals surface area (Å²) in [6, 6.07) is 4.73. The van der Waals surface area contributed by atoms with Crippen molar-refractivity contribution in [1.29, 1.82) is 0 Å². The summed E-state index contributed by atoms with van der Waals surface area (Å²) >= 11 is 6.81. The molecule has 0 radical (unpaired) electrons. The molecule has 0 aliphatic heterocycles. The number of carbonyl (C=O) groups is 1. The molecule has 1 amide bonds. The summed E-state index contributed by atoms with van der Waals surface area (Å²) in [6.45, 7) is 0. The van der Waals surface area contributed by atoms with Gasteiger partial charge in [-0.3, -0.25) is 10.1 Å². The molecular weight excluding hydrogens is 384 g/mol. The molecular formula is C15H7ClF4N2O2S. The van der Waals surface area contributed by atoms with Gasteiger partial charge in [-0.2, -0.15) is 8.78 Å². The maximum Gasteiger partial charge on any atom is 0.263 e. The molecule has 3 aromatic rings. The van der Waals surface area contributed by atoms with Crippen molar-refractivity contribution >= 4 is 44.2 Å². The van der Waals surface area contributed by atoms with Crippen LogP contribution in [0.3, 0.4) is 0 Å². The normalized spacial score (nSPS) is 11.0. The maximum atomic E-state index is 13.9. The summed E-state index contributed by atoms with van der Waals surface area (Å²) in [6.07, 6.45) is 0. The van der Waals surface area contributed by atoms with E-state index < -0.39 is 40.5 Å². The number of carbonyl (C=O) groups excluding carboxylic acids is 1. The van der Waals surface area contributed by atoms with Crippen molar-refractivity contribution in [2.45, 2.75) is 0 Å². The lowest BCUT2D eigenvalue weighted by molar-refractivity contribution is 0.101. The number of methoxy groups -OCH3 is 1. The van der Waals surface area contributed by atoms with E-state index in [1.54, 1.807) is 18.2 Å². The van der Waals surface area contributed by atoms with Gasteiger partial charge in [0.1, 0.15) is 5.56 Å². The van der Waals surface area contributed by atoms with Crippen LogP contribution in [0.4, 0.5) is 22.7 Å². The van der Waals surface area contributed by atoms with E-state index in [2.05, 4.69) is 15.0 Å². The van der Waals surface area contributed by atoms with Gasteiger partial charge in [-0.05, 0) is 18.2 Å². The summed E-state index contributed by atoms with van der Waals surface area (Å²) in [5.74, 6) is -9.97. The second kappa shape index (κ2) is 6.49. The average molecular weight is 391 g/mol. The first-order valence-electron chi connectivity index (χ1n) is 6.60. The Morgan fingerprint density at radius 1 is 1.16 bits per heavy atom. The second-order valence-electron chi connectivity index (χ2n) is 4.75. The molecule has 0 saturated heterocycles. The van der Waals surface area contributed by atoms with Crippen LogP contribution in [-0.4, -0.2) is 18.0 Å². The van der Waals surface area contributed by atoms with Gasteiger partial charge in [0.15, 0.2) is 22.5 Å². The number of benzene rings is 2. The molecule has 1 heterocycles. The predicted octanol–water partition coefficient (Wildman–Crippen LogP) is 4.77. The Bertz CT molecular complexity index is 980. The van der Waals surface area contributed by atoms with Crippen molar-refractivity contribution in [2.75, 3.05) is 12.4 Å². The van der Waals surface area contributed by atoms with Gasteiger partial charge in [-0.15, -0.1) is 0 Å². The first-order chi connectivity index (χ1) is 11.8. The number of amides is 1. The highest BCUT2D eigenvalue weighted by atomic mass is 35.5. The molecule has 0 bridgehead atoms. The van der Waals surface area contributed by atoms with E-state index in [0.29, 0.717) is 15.2 Å². The van der Waals surface area contributed by atoms with Gasteiger partial charge < -0.3 is 4.74 Å². The topological polar surface area (TPSA) is 51.2 Å². The maximum absolute atomic E-state index is 13.9. The minimum absolute atomic E-state index is 0.0160. The van der Waals surface area contributed by atoms with E-state index in [1.165, 1.54) is 0 Å². The highest BCUT2D eigenvalue weighted by molar-refractivity contribution is 7.22. The highest BCUT2D eigenvalue weighted by Gasteiger charge is 2.30. The number of nitrogens with one attached hydrogen (secondary N) is 1. The SMILES string of the molecule is COc1c(F)c(F)c(C(=O)Nc2nc3ccc(Cl)cc3s2)c(F)c1F. The fourth-order valence-electron chi connectivity index (χ4n) is 2.10. The number of thiazole rings is 1. The average Bonchev–Trinajstić information content (AvgIpc) is 2.95. The van der Waals surface area contributed by atoms with Gasteiger partial charge in [0, 0.05) is 5.02 Å². The van der Waals surface area contributed by atoms with Gasteiger partial charge >= 0.3 is 0 Å². The predicted molar refractivity (Wildman–Crippen MR) is 85.4 cm³/mol. The van der Waals surface area contributed by atoms with E-state index in [1.807, 2.05) is 0 Å². The van der Waals surface area contributed by atoms with Crippen LogP contribution >= 0.6 is 22.9 Å². The third kappa shape index (κ3) is 3.00. The third-order valence-electron chi connectivity index (χ3n) is 3.23. The summed E-state index contributed by atoms with van der Waals surface area (Å²) in [7, 11) is 0.840. The molecule has 0 aliphatic carbocycles. The van der Waals surface area contributed by atoms with E-state index in [-0.39, 0.29) is 5.13 Å². The first-order valence-corrected chi connectivity index (χ1v) is 7.80. The van der Waals surface area contributed by atoms with Crippen LogP contribution in [0.2, 0.25) is 5.02 Å². The van der Waals surface area contributed by atoms with Gasteiger partial charge in [0.25, 0.3) is 5.91 Å². The molecule has 3 rings (SSSR count). The molecule has 10 heteroatoms. The zero-order chi connectivity index (χ0) is 18.3. The molecule has 130 valence electrons. The van der Waals surface area contributed by atoms with Crippen molar-refractivity contribution in [1.82, 2.24) is 4.98 Å². The molecule has 0 aliphatic rings. The molecule has 0 atom stereocenters. The van der Waals surface area contributed by atoms with Crippen LogP contribution in [0.25, 0.3) is 10.2 Å². The quantitative estimate of drug-likeness (QED) is 0.518. The van der Waals surface area contributed by atoms with Crippen molar-refractivity contribution in [3.8, 4) is 5.75 Å². The van der Waals surface area contributed by atoms with E-state index in [9.17, 15) is 22.4 Å². The number of anilines is 1. The molecule has 0 unspecified atom stereocenters. The van der Waals surface area contributed by atoms with Gasteiger partial charge in [-0.25, -0.2) is 13.8 Å². The fraction of sp³-hybridized carbons (Fsp3) is 0.0667. The Kier molecular flexibility index (Phi) is 4.53. The van der Waals surface area contributed by atoms with Gasteiger partial charge in [0.2, 0.25) is 11.6 Å². The number of aromatic nitrogens is 1. The van der Waals surface area contributed by atoms with E-state index in [4.69, 9.17) is 11.6 Å². The number of hydrogen-bond donors (Lipinski definition) is 1. The lowest BCUT2D eigenvalue weighted by atomic mass is 10.1. The highest BCUT2D eigenvalue weighted by Crippen LogP contribution is 2.32. The number of ether oxygens (including phenoxy) is 1. The smallest absolute Gasteiger partial charge is 0.263 e. The largest absolute Gasteiger partial charge is 0.491 e. The van der Waals surface area contributed by atoms with Crippen molar-refractivity contribution < 1.29 is 27.1 Å². The molecule has 25 heavy (non-hydrogen) atoms. The fourth-order valence-corrected chi connectivity index (χ4v) is 3.24. The molecule has 4 nitrogen and oxygen atoms in total. The number of rotatable bonds is 3. The zero-order valence-electron chi connectivity index (χ0n) is 12.3. The molecule has 0 fully saturated rings. The Morgan fingerprint density at radius 2 is 1.80 bits per heavy atom. The number of halogens is 5. The number of fused-ring (bicyclic) bond motifs is 1. The summed E-state index contributed by atoms with van der Waals surface area (Å²) < 4.78 is 60.2. The number of nitrogens with zero attached hydrogens (tertiary/aromatic N) is 1. The van der Waals surface area contributed by atoms with Crippen molar-refractivity contribution in [3.05, 3.63) is 52.1 Å². The molecule has 1 aromatic heterocycles. The Labute approximate surface area is 147 Å². The third-order valence-corrected chi connectivity index (χ3v) is 4.39. The summed E-state index contributed by atoms with van der Waals surface area (Å²) in [5.41, 5.74) is -0.925. The summed E-state index contributed by atoms with van der Waals surface area (Å²) in [4.78, 5) is 16.1. The van der Waals surface area contributed by atoms with E-state index >= 15 is 0 Å². The van der Waals surface area contributed by atoms with E-state index in [0.717, 1.165) is 18.4 Å². The Morgan fingerprint density at radius 3 is 2.40 bits per heavy atom. The van der Waals surface area contributed by atoms with Crippen LogP contribution in [0.15, 0.2) is 18.2 Å². The van der Waals surface area contributed by atoms with Gasteiger partial charge in [-0.1, -0.05) is 22.9 Å². The zero-order valence-corrected chi connectivity index (χ0v) is 13.9. The molecule has 2 aromatic carbocycles. The lowest BCUT2D eigenvalue weighted by Gasteiger charge is -2.10. The van der Waals surface area contributed by atoms with Crippen LogP contribution in [0.5, 0.6) is 5.75 Å². The minimum Gasteiger partial charge on any atom is -0.491 e. The summed E-state index contributed by atoms with van der Waals surface area (Å²) in [5, 5.41) is 2.53. The van der Waals surface area contributed by atoms with Crippen molar-refractivity contribution in [2.24, 2.45) is 0 Å². The minimum atomic E-state index is -1.86. The van der Waals surface area contributed by atoms with Crippen molar-refractivity contribution in [3.63, 3.8) is 0 Å². The first kappa shape index (κ1) is 17.4. The van der Waals surface area contributed by atoms with Crippen LogP contribution in [-0.2, 0) is 0 Å². The number of hydrogen-bond acceptors (Lipinski definition) is 4. The van der Waals surface area contributed by atoms with Crippen LogP contribution in [0, 0.1) is 23.3 Å². The standard InChI is InChI=1S/C15H7ClF4N2O2S/c1-24-13-11(19)9(17)8(10(18)12(13)20)14(23)22-15-21-6-3-2-5(16)4-7(6)25-15/h2-4H,1H3,(H,21,22,23). The molecule has 0 saturated carbocycles. The molecule has 1 N–H and O–H groups in total. The Hall–Kier alpha value is -2.39. The Balaban J connectivity index is 2.00. The van der Waals surface area contributed by atoms with Crippen LogP contribution < -0.4 is 10.1 Å².